The summed E-state index contributed by atoms with van der Waals surface area (Å²) >= 11 is 15.0. The molecule has 7 heteroatoms. The maximum absolute atomic E-state index is 12.0. The van der Waals surface area contributed by atoms with E-state index in [2.05, 4.69) is 20.7 Å². The molecule has 0 amide bonds. The fourth-order valence-electron chi connectivity index (χ4n) is 1.30. The highest BCUT2D eigenvalue weighted by Gasteiger charge is 2.21. The van der Waals surface area contributed by atoms with E-state index >= 15 is 0 Å². The summed E-state index contributed by atoms with van der Waals surface area (Å²) in [6.07, 6.45) is 4.34. The van der Waals surface area contributed by atoms with Gasteiger partial charge in [-0.3, -0.25) is 0 Å². The van der Waals surface area contributed by atoms with Crippen LogP contribution in [0, 0.1) is 0 Å². The van der Waals surface area contributed by atoms with Crippen LogP contribution in [0.1, 0.15) is 13.3 Å². The summed E-state index contributed by atoms with van der Waals surface area (Å²) in [5, 5.41) is 0.181. The summed E-state index contributed by atoms with van der Waals surface area (Å²) in [5.41, 5.74) is 0. The Bertz CT molecular complexity index is 535. The molecule has 0 spiro atoms. The summed E-state index contributed by atoms with van der Waals surface area (Å²) in [4.78, 5) is -0.0884. The van der Waals surface area contributed by atoms with Crippen LogP contribution in [0.3, 0.4) is 0 Å². The fraction of sp³-hybridized carbons (Fsp3) is 0.273. The van der Waals surface area contributed by atoms with Gasteiger partial charge in [-0.25, -0.2) is 13.1 Å². The third-order valence-corrected chi connectivity index (χ3v) is 4.91. The van der Waals surface area contributed by atoms with Gasteiger partial charge in [0.05, 0.1) is 10.0 Å². The van der Waals surface area contributed by atoms with Crippen molar-refractivity contribution in [2.24, 2.45) is 0 Å². The van der Waals surface area contributed by atoms with Crippen LogP contribution < -0.4 is 4.72 Å². The average Bonchev–Trinajstić information content (AvgIpc) is 2.22. The number of halogens is 3. The van der Waals surface area contributed by atoms with E-state index < -0.39 is 10.0 Å². The lowest BCUT2D eigenvalue weighted by atomic mass is 10.4. The molecule has 0 aliphatic rings. The molecule has 0 fully saturated rings. The molecule has 3 nitrogen and oxygen atoms in total. The number of rotatable bonds is 5. The van der Waals surface area contributed by atoms with Crippen molar-refractivity contribution in [3.63, 3.8) is 0 Å². The third-order valence-electron chi connectivity index (χ3n) is 2.07. The molecule has 0 aromatic heterocycles. The van der Waals surface area contributed by atoms with E-state index in [-0.39, 0.29) is 14.9 Å². The molecule has 100 valence electrons. The number of sulfonamides is 1. The zero-order valence-electron chi connectivity index (χ0n) is 9.58. The van der Waals surface area contributed by atoms with Crippen molar-refractivity contribution in [1.82, 2.24) is 4.72 Å². The monoisotopic (exact) mass is 371 g/mol. The number of hydrogen-bond acceptors (Lipinski definition) is 2. The first-order valence-electron chi connectivity index (χ1n) is 5.14. The summed E-state index contributed by atoms with van der Waals surface area (Å²) in [7, 11) is -3.69. The highest BCUT2D eigenvalue weighted by molar-refractivity contribution is 9.10. The summed E-state index contributed by atoms with van der Waals surface area (Å²) in [5.74, 6) is 0. The SMILES string of the molecule is C/C=C/CCNS(=O)(=O)c1c(Cl)cc(Br)cc1Cl. The Morgan fingerprint density at radius 1 is 1.33 bits per heavy atom. The maximum Gasteiger partial charge on any atom is 0.243 e. The molecule has 0 bridgehead atoms. The largest absolute Gasteiger partial charge is 0.243 e. The Hall–Kier alpha value is -0.0700. The number of benzene rings is 1. The van der Waals surface area contributed by atoms with Gasteiger partial charge in [-0.05, 0) is 25.5 Å². The lowest BCUT2D eigenvalue weighted by molar-refractivity contribution is 0.582. The van der Waals surface area contributed by atoms with Crippen LogP contribution in [0.25, 0.3) is 0 Å². The zero-order valence-corrected chi connectivity index (χ0v) is 13.5. The van der Waals surface area contributed by atoms with Crippen LogP contribution in [-0.4, -0.2) is 15.0 Å². The Labute approximate surface area is 125 Å². The van der Waals surface area contributed by atoms with Crippen molar-refractivity contribution < 1.29 is 8.42 Å². The molecular weight excluding hydrogens is 361 g/mol. The first-order chi connectivity index (χ1) is 8.38. The fourth-order valence-corrected chi connectivity index (χ4v) is 4.28. The van der Waals surface area contributed by atoms with Crippen molar-refractivity contribution in [1.29, 1.82) is 0 Å². The minimum atomic E-state index is -3.69. The molecule has 0 radical (unpaired) electrons. The van der Waals surface area contributed by atoms with Crippen LogP contribution in [0.5, 0.6) is 0 Å². The molecule has 1 N–H and O–H groups in total. The van der Waals surface area contributed by atoms with Gasteiger partial charge >= 0.3 is 0 Å². The third kappa shape index (κ3) is 4.24. The van der Waals surface area contributed by atoms with Gasteiger partial charge in [-0.2, -0.15) is 0 Å². The van der Waals surface area contributed by atoms with Crippen LogP contribution in [0.15, 0.2) is 33.7 Å². The Kier molecular flexibility index (Phi) is 6.14. The molecule has 0 heterocycles. The maximum atomic E-state index is 12.0. The van der Waals surface area contributed by atoms with Gasteiger partial charge in [0.2, 0.25) is 10.0 Å². The minimum Gasteiger partial charge on any atom is -0.211 e. The predicted octanol–water partition coefficient (Wildman–Crippen LogP) is 4.00. The normalized spacial score (nSPS) is 12.2. The van der Waals surface area contributed by atoms with E-state index in [0.29, 0.717) is 17.4 Å². The summed E-state index contributed by atoms with van der Waals surface area (Å²) in [6, 6.07) is 2.99. The Morgan fingerprint density at radius 2 is 1.89 bits per heavy atom. The molecule has 0 aliphatic carbocycles. The highest BCUT2D eigenvalue weighted by atomic mass is 79.9. The lowest BCUT2D eigenvalue weighted by Gasteiger charge is -2.09. The van der Waals surface area contributed by atoms with Crippen LogP contribution in [0.4, 0.5) is 0 Å². The number of hydrogen-bond donors (Lipinski definition) is 1. The molecule has 0 unspecified atom stereocenters. The van der Waals surface area contributed by atoms with Gasteiger partial charge in [0, 0.05) is 11.0 Å². The van der Waals surface area contributed by atoms with E-state index in [1.54, 1.807) is 0 Å². The molecule has 1 aromatic carbocycles. The molecule has 1 rings (SSSR count). The Balaban J connectivity index is 2.98. The van der Waals surface area contributed by atoms with Crippen molar-refractivity contribution in [3.8, 4) is 0 Å². The van der Waals surface area contributed by atoms with Gasteiger partial charge in [-0.15, -0.1) is 0 Å². The zero-order chi connectivity index (χ0) is 13.8. The molecule has 0 saturated carbocycles. The first kappa shape index (κ1) is 16.0. The average molecular weight is 373 g/mol. The van der Waals surface area contributed by atoms with E-state index in [1.165, 1.54) is 12.1 Å². The standard InChI is InChI=1S/C11H12BrCl2NO2S/c1-2-3-4-5-15-18(16,17)11-9(13)6-8(12)7-10(11)14/h2-3,6-7,15H,4-5H2,1H3/b3-2+. The molecular formula is C11H12BrCl2NO2S. The van der Waals surface area contributed by atoms with Crippen LogP contribution in [-0.2, 0) is 10.0 Å². The second-order valence-electron chi connectivity index (χ2n) is 3.45. The molecule has 18 heavy (non-hydrogen) atoms. The van der Waals surface area contributed by atoms with Crippen molar-refractivity contribution in [3.05, 3.63) is 38.8 Å². The second-order valence-corrected chi connectivity index (χ2v) is 6.89. The van der Waals surface area contributed by atoms with Crippen LogP contribution >= 0.6 is 39.1 Å². The smallest absolute Gasteiger partial charge is 0.211 e. The number of nitrogens with one attached hydrogen (secondary N) is 1. The van der Waals surface area contributed by atoms with E-state index in [1.807, 2.05) is 19.1 Å². The first-order valence-corrected chi connectivity index (χ1v) is 8.17. The van der Waals surface area contributed by atoms with Gasteiger partial charge in [0.15, 0.2) is 0 Å². The minimum absolute atomic E-state index is 0.0884. The lowest BCUT2D eigenvalue weighted by Crippen LogP contribution is -2.25. The topological polar surface area (TPSA) is 46.2 Å². The van der Waals surface area contributed by atoms with E-state index in [9.17, 15) is 8.42 Å². The van der Waals surface area contributed by atoms with Gasteiger partial charge < -0.3 is 0 Å². The summed E-state index contributed by atoms with van der Waals surface area (Å²) in [6.45, 7) is 2.17. The van der Waals surface area contributed by atoms with E-state index in [0.717, 1.165) is 0 Å². The summed E-state index contributed by atoms with van der Waals surface area (Å²) < 4.78 is 27.1. The van der Waals surface area contributed by atoms with E-state index in [4.69, 9.17) is 23.2 Å². The van der Waals surface area contributed by atoms with Gasteiger partial charge in [-0.1, -0.05) is 51.3 Å². The highest BCUT2D eigenvalue weighted by Crippen LogP contribution is 2.32. The van der Waals surface area contributed by atoms with Crippen molar-refractivity contribution in [2.75, 3.05) is 6.54 Å². The van der Waals surface area contributed by atoms with Crippen LogP contribution in [0.2, 0.25) is 10.0 Å². The number of allylic oxidation sites excluding steroid dienone is 1. The van der Waals surface area contributed by atoms with Gasteiger partial charge in [0.25, 0.3) is 0 Å². The van der Waals surface area contributed by atoms with Crippen molar-refractivity contribution in [2.45, 2.75) is 18.2 Å². The molecule has 0 aliphatic heterocycles. The predicted molar refractivity (Wildman–Crippen MR) is 78.8 cm³/mol. The molecule has 1 aromatic rings. The van der Waals surface area contributed by atoms with Crippen molar-refractivity contribution >= 4 is 49.2 Å². The van der Waals surface area contributed by atoms with Gasteiger partial charge in [0.1, 0.15) is 4.90 Å². The molecule has 0 saturated heterocycles. The Morgan fingerprint density at radius 3 is 2.39 bits per heavy atom. The second kappa shape index (κ2) is 6.91. The quantitative estimate of drug-likeness (QED) is 0.627. The molecule has 0 atom stereocenters.